The molecule has 0 radical (unpaired) electrons. The summed E-state index contributed by atoms with van der Waals surface area (Å²) in [4.78, 5) is 4.58. The molecular weight excluding hydrogens is 222 g/mol. The van der Waals surface area contributed by atoms with E-state index >= 15 is 0 Å². The first kappa shape index (κ1) is 12.9. The van der Waals surface area contributed by atoms with Gasteiger partial charge in [0, 0.05) is 12.0 Å². The Kier molecular flexibility index (Phi) is 3.85. The second-order valence-electron chi connectivity index (χ2n) is 4.87. The van der Waals surface area contributed by atoms with Crippen LogP contribution in [0.25, 0.3) is 11.5 Å². The summed E-state index contributed by atoms with van der Waals surface area (Å²) in [6.07, 6.45) is 1.83. The molecule has 0 fully saturated rings. The molecule has 0 N–H and O–H groups in total. The Morgan fingerprint density at radius 1 is 1.06 bits per heavy atom. The minimum absolute atomic E-state index is 0.556. The maximum atomic E-state index is 5.83. The third kappa shape index (κ3) is 2.47. The molecule has 0 bridgehead atoms. The van der Waals surface area contributed by atoms with Crippen LogP contribution in [0.2, 0.25) is 0 Å². The molecule has 1 aromatic heterocycles. The number of oxazole rings is 1. The quantitative estimate of drug-likeness (QED) is 0.785. The van der Waals surface area contributed by atoms with Gasteiger partial charge < -0.3 is 4.42 Å². The summed E-state index contributed by atoms with van der Waals surface area (Å²) >= 11 is 0. The lowest BCUT2D eigenvalue weighted by atomic mass is 10.0. The van der Waals surface area contributed by atoms with Gasteiger partial charge in [-0.05, 0) is 30.0 Å². The number of hydrogen-bond donors (Lipinski definition) is 0. The smallest absolute Gasteiger partial charge is 0.226 e. The maximum absolute atomic E-state index is 5.83. The average molecular weight is 243 g/mol. The Bertz CT molecular complexity index is 487. The Hall–Kier alpha value is -1.57. The molecule has 96 valence electrons. The monoisotopic (exact) mass is 243 g/mol. The van der Waals surface area contributed by atoms with Gasteiger partial charge in [0.2, 0.25) is 5.89 Å². The van der Waals surface area contributed by atoms with E-state index in [4.69, 9.17) is 4.42 Å². The van der Waals surface area contributed by atoms with Crippen molar-refractivity contribution in [3.8, 4) is 11.5 Å². The van der Waals surface area contributed by atoms with Gasteiger partial charge >= 0.3 is 0 Å². The SMILES string of the molecule is CCc1nc(-c2ccc(C(C)C)cc2)oc1CC. The molecule has 0 aliphatic heterocycles. The molecule has 1 aromatic carbocycles. The molecule has 2 nitrogen and oxygen atoms in total. The van der Waals surface area contributed by atoms with E-state index in [1.165, 1.54) is 5.56 Å². The minimum atomic E-state index is 0.556. The molecule has 0 aliphatic rings. The Balaban J connectivity index is 2.33. The van der Waals surface area contributed by atoms with Crippen molar-refractivity contribution in [3.05, 3.63) is 41.3 Å². The lowest BCUT2D eigenvalue weighted by molar-refractivity contribution is 0.521. The summed E-state index contributed by atoms with van der Waals surface area (Å²) in [6, 6.07) is 8.50. The molecule has 0 amide bonds. The van der Waals surface area contributed by atoms with Gasteiger partial charge in [-0.15, -0.1) is 0 Å². The van der Waals surface area contributed by atoms with Crippen LogP contribution in [0.15, 0.2) is 28.7 Å². The summed E-state index contributed by atoms with van der Waals surface area (Å²) in [6.45, 7) is 8.61. The minimum Gasteiger partial charge on any atom is -0.441 e. The zero-order chi connectivity index (χ0) is 13.1. The number of nitrogens with zero attached hydrogens (tertiary/aromatic N) is 1. The van der Waals surface area contributed by atoms with Gasteiger partial charge in [0.15, 0.2) is 0 Å². The van der Waals surface area contributed by atoms with Gasteiger partial charge in [-0.25, -0.2) is 4.98 Å². The van der Waals surface area contributed by atoms with Crippen molar-refractivity contribution >= 4 is 0 Å². The van der Waals surface area contributed by atoms with E-state index in [0.29, 0.717) is 5.92 Å². The van der Waals surface area contributed by atoms with Crippen LogP contribution in [-0.2, 0) is 12.8 Å². The largest absolute Gasteiger partial charge is 0.441 e. The average Bonchev–Trinajstić information content (AvgIpc) is 2.82. The summed E-state index contributed by atoms with van der Waals surface area (Å²) < 4.78 is 5.83. The predicted molar refractivity (Wildman–Crippen MR) is 74.8 cm³/mol. The van der Waals surface area contributed by atoms with Crippen molar-refractivity contribution in [2.45, 2.75) is 46.5 Å². The second-order valence-corrected chi connectivity index (χ2v) is 4.87. The number of rotatable bonds is 4. The zero-order valence-electron chi connectivity index (χ0n) is 11.7. The second kappa shape index (κ2) is 5.38. The third-order valence-corrected chi connectivity index (χ3v) is 3.26. The molecule has 2 rings (SSSR count). The molecule has 0 atom stereocenters. The van der Waals surface area contributed by atoms with Gasteiger partial charge in [-0.1, -0.05) is 39.8 Å². The van der Waals surface area contributed by atoms with Crippen molar-refractivity contribution in [2.75, 3.05) is 0 Å². The molecule has 0 aliphatic carbocycles. The molecular formula is C16H21NO. The van der Waals surface area contributed by atoms with E-state index in [1.807, 2.05) is 0 Å². The van der Waals surface area contributed by atoms with Crippen LogP contribution >= 0.6 is 0 Å². The molecule has 1 heterocycles. The molecule has 0 saturated carbocycles. The van der Waals surface area contributed by atoms with Crippen LogP contribution in [-0.4, -0.2) is 4.98 Å². The highest BCUT2D eigenvalue weighted by atomic mass is 16.4. The van der Waals surface area contributed by atoms with E-state index in [1.54, 1.807) is 0 Å². The first-order chi connectivity index (χ1) is 8.65. The third-order valence-electron chi connectivity index (χ3n) is 3.26. The van der Waals surface area contributed by atoms with Gasteiger partial charge in [-0.3, -0.25) is 0 Å². The van der Waals surface area contributed by atoms with E-state index in [-0.39, 0.29) is 0 Å². The molecule has 0 saturated heterocycles. The fourth-order valence-electron chi connectivity index (χ4n) is 2.07. The van der Waals surface area contributed by atoms with Crippen LogP contribution in [0.5, 0.6) is 0 Å². The lowest BCUT2D eigenvalue weighted by Crippen LogP contribution is -1.87. The normalized spacial score (nSPS) is 11.2. The zero-order valence-corrected chi connectivity index (χ0v) is 11.7. The number of aromatic nitrogens is 1. The molecule has 0 spiro atoms. The number of benzene rings is 1. The van der Waals surface area contributed by atoms with Crippen molar-refractivity contribution in [1.29, 1.82) is 0 Å². The summed E-state index contributed by atoms with van der Waals surface area (Å²) in [5.74, 6) is 2.32. The van der Waals surface area contributed by atoms with E-state index in [2.05, 4.69) is 56.9 Å². The fraction of sp³-hybridized carbons (Fsp3) is 0.438. The Morgan fingerprint density at radius 3 is 2.17 bits per heavy atom. The van der Waals surface area contributed by atoms with Crippen LogP contribution < -0.4 is 0 Å². The van der Waals surface area contributed by atoms with Gasteiger partial charge in [0.1, 0.15) is 5.76 Å². The van der Waals surface area contributed by atoms with Crippen LogP contribution in [0.4, 0.5) is 0 Å². The van der Waals surface area contributed by atoms with Crippen molar-refractivity contribution in [1.82, 2.24) is 4.98 Å². The van der Waals surface area contributed by atoms with Crippen molar-refractivity contribution in [3.63, 3.8) is 0 Å². The standard InChI is InChI=1S/C16H21NO/c1-5-14-15(6-2)18-16(17-14)13-9-7-12(8-10-13)11(3)4/h7-11H,5-6H2,1-4H3. The highest BCUT2D eigenvalue weighted by molar-refractivity contribution is 5.54. The summed E-state index contributed by atoms with van der Waals surface area (Å²) in [5, 5.41) is 0. The summed E-state index contributed by atoms with van der Waals surface area (Å²) in [5.41, 5.74) is 3.49. The van der Waals surface area contributed by atoms with Crippen LogP contribution in [0.1, 0.15) is 50.6 Å². The number of aryl methyl sites for hydroxylation is 2. The first-order valence-corrected chi connectivity index (χ1v) is 6.74. The molecule has 0 unspecified atom stereocenters. The topological polar surface area (TPSA) is 26.0 Å². The van der Waals surface area contributed by atoms with Crippen LogP contribution in [0, 0.1) is 0 Å². The lowest BCUT2D eigenvalue weighted by Gasteiger charge is -2.04. The fourth-order valence-corrected chi connectivity index (χ4v) is 2.07. The van der Waals surface area contributed by atoms with E-state index < -0.39 is 0 Å². The highest BCUT2D eigenvalue weighted by Crippen LogP contribution is 2.24. The molecule has 2 aromatic rings. The van der Waals surface area contributed by atoms with Gasteiger partial charge in [0.25, 0.3) is 0 Å². The predicted octanol–water partition coefficient (Wildman–Crippen LogP) is 4.59. The molecule has 18 heavy (non-hydrogen) atoms. The van der Waals surface area contributed by atoms with Crippen molar-refractivity contribution < 1.29 is 4.42 Å². The van der Waals surface area contributed by atoms with Crippen LogP contribution in [0.3, 0.4) is 0 Å². The van der Waals surface area contributed by atoms with Crippen molar-refractivity contribution in [2.24, 2.45) is 0 Å². The first-order valence-electron chi connectivity index (χ1n) is 6.74. The number of hydrogen-bond acceptors (Lipinski definition) is 2. The Labute approximate surface area is 109 Å². The van der Waals surface area contributed by atoms with E-state index in [9.17, 15) is 0 Å². The van der Waals surface area contributed by atoms with Gasteiger partial charge in [-0.2, -0.15) is 0 Å². The highest BCUT2D eigenvalue weighted by Gasteiger charge is 2.11. The maximum Gasteiger partial charge on any atom is 0.226 e. The molecule has 2 heteroatoms. The van der Waals surface area contributed by atoms with Gasteiger partial charge in [0.05, 0.1) is 5.69 Å². The Morgan fingerprint density at radius 2 is 1.72 bits per heavy atom. The summed E-state index contributed by atoms with van der Waals surface area (Å²) in [7, 11) is 0. The van der Waals surface area contributed by atoms with E-state index in [0.717, 1.165) is 35.7 Å².